The third-order valence-electron chi connectivity index (χ3n) is 5.46. The smallest absolute Gasteiger partial charge is 0.371 e. The second kappa shape index (κ2) is 8.49. The van der Waals surface area contributed by atoms with Gasteiger partial charge in [-0.3, -0.25) is 4.90 Å². The summed E-state index contributed by atoms with van der Waals surface area (Å²) in [6, 6.07) is 5.07. The molecule has 1 fully saturated rings. The van der Waals surface area contributed by atoms with E-state index in [-0.39, 0.29) is 11.6 Å². The van der Waals surface area contributed by atoms with Crippen molar-refractivity contribution in [3.05, 3.63) is 70.5 Å². The molecule has 0 aliphatic carbocycles. The summed E-state index contributed by atoms with van der Waals surface area (Å²) in [5, 5.41) is 13.2. The van der Waals surface area contributed by atoms with Gasteiger partial charge in [0.2, 0.25) is 0 Å². The fourth-order valence-corrected chi connectivity index (χ4v) is 3.51. The number of likely N-dealkylation sites (N-methyl/N-ethyl adjacent to an activating group) is 1. The number of urea groups is 1. The summed E-state index contributed by atoms with van der Waals surface area (Å²) in [6.45, 7) is 0.704. The molecule has 0 bridgehead atoms. The average molecular weight is 480 g/mol. The average Bonchev–Trinajstić information content (AvgIpc) is 2.95. The minimum Gasteiger partial charge on any atom is -0.371 e. The lowest BCUT2D eigenvalue weighted by Crippen LogP contribution is -2.50. The zero-order valence-electron chi connectivity index (χ0n) is 17.3. The molecular formula is C21H19F7N2O3. The lowest BCUT2D eigenvalue weighted by Gasteiger charge is -2.34. The van der Waals surface area contributed by atoms with Crippen molar-refractivity contribution in [1.29, 1.82) is 0 Å². The van der Waals surface area contributed by atoms with Crippen LogP contribution < -0.4 is 5.32 Å². The van der Waals surface area contributed by atoms with Gasteiger partial charge in [-0.1, -0.05) is 12.1 Å². The highest BCUT2D eigenvalue weighted by molar-refractivity contribution is 5.78. The van der Waals surface area contributed by atoms with Crippen molar-refractivity contribution < 1.29 is 45.4 Å². The number of nitrogens with one attached hydrogen (secondary N) is 1. The Labute approximate surface area is 183 Å². The molecule has 5 nitrogen and oxygen atoms in total. The highest BCUT2D eigenvalue weighted by Crippen LogP contribution is 2.39. The number of alkyl halides is 6. The maximum Gasteiger partial charge on any atom is 0.416 e. The third kappa shape index (κ3) is 4.91. The second-order valence-electron chi connectivity index (χ2n) is 7.69. The maximum atomic E-state index is 13.4. The molecule has 1 saturated heterocycles. The maximum absolute atomic E-state index is 13.4. The first-order chi connectivity index (χ1) is 15.1. The van der Waals surface area contributed by atoms with E-state index in [1.807, 2.05) is 0 Å². The number of carbonyl (C=O) groups is 1. The van der Waals surface area contributed by atoms with E-state index in [0.717, 1.165) is 17.0 Å². The molecule has 0 saturated carbocycles. The van der Waals surface area contributed by atoms with Crippen LogP contribution in [0.1, 0.15) is 35.3 Å². The van der Waals surface area contributed by atoms with Gasteiger partial charge in [0, 0.05) is 7.05 Å². The minimum absolute atomic E-state index is 0.00609. The Bertz CT molecular complexity index is 992. The van der Waals surface area contributed by atoms with Crippen molar-refractivity contribution >= 4 is 6.03 Å². The Balaban J connectivity index is 1.95. The van der Waals surface area contributed by atoms with E-state index in [0.29, 0.717) is 12.1 Å². The van der Waals surface area contributed by atoms with Crippen LogP contribution in [0.4, 0.5) is 35.5 Å². The fourth-order valence-electron chi connectivity index (χ4n) is 3.51. The molecule has 2 N–H and O–H groups in total. The molecule has 2 aromatic rings. The first-order valence-corrected chi connectivity index (χ1v) is 9.55. The van der Waals surface area contributed by atoms with E-state index in [4.69, 9.17) is 4.74 Å². The van der Waals surface area contributed by atoms with Crippen LogP contribution in [0.3, 0.4) is 0 Å². The topological polar surface area (TPSA) is 61.8 Å². The normalized spacial score (nSPS) is 22.4. The summed E-state index contributed by atoms with van der Waals surface area (Å²) in [7, 11) is 1.27. The number of carbonyl (C=O) groups excluding carboxylic acids is 1. The first kappa shape index (κ1) is 24.8. The second-order valence-corrected chi connectivity index (χ2v) is 7.69. The Hall–Kier alpha value is -2.86. The number of hydrogen-bond donors (Lipinski definition) is 2. The number of amides is 2. The highest BCUT2D eigenvalue weighted by atomic mass is 19.4. The molecule has 0 spiro atoms. The molecule has 0 aromatic heterocycles. The van der Waals surface area contributed by atoms with Gasteiger partial charge in [-0.15, -0.1) is 0 Å². The first-order valence-electron chi connectivity index (χ1n) is 9.55. The summed E-state index contributed by atoms with van der Waals surface area (Å²) in [5.41, 5.74) is -4.82. The fraction of sp³-hybridized carbons (Fsp3) is 0.381. The van der Waals surface area contributed by atoms with Crippen molar-refractivity contribution in [3.8, 4) is 0 Å². The van der Waals surface area contributed by atoms with Gasteiger partial charge in [-0.05, 0) is 48.4 Å². The molecule has 3 atom stereocenters. The van der Waals surface area contributed by atoms with Crippen LogP contribution in [0.5, 0.6) is 0 Å². The highest BCUT2D eigenvalue weighted by Gasteiger charge is 2.51. The zero-order chi connectivity index (χ0) is 24.8. The van der Waals surface area contributed by atoms with Gasteiger partial charge in [-0.25, -0.2) is 9.18 Å². The van der Waals surface area contributed by atoms with E-state index in [1.54, 1.807) is 0 Å². The number of ether oxygens (including phenoxy) is 1. The van der Waals surface area contributed by atoms with Crippen molar-refractivity contribution in [2.45, 2.75) is 37.1 Å². The van der Waals surface area contributed by atoms with Crippen LogP contribution in [-0.2, 0) is 22.6 Å². The monoisotopic (exact) mass is 480 g/mol. The predicted molar refractivity (Wildman–Crippen MR) is 101 cm³/mol. The minimum atomic E-state index is -5.02. The molecular weight excluding hydrogens is 461 g/mol. The molecule has 0 radical (unpaired) electrons. The van der Waals surface area contributed by atoms with Gasteiger partial charge in [0.1, 0.15) is 11.4 Å². The predicted octanol–water partition coefficient (Wildman–Crippen LogP) is 4.81. The molecule has 0 unspecified atom stereocenters. The van der Waals surface area contributed by atoms with Crippen LogP contribution in [0.25, 0.3) is 0 Å². The number of hydrogen-bond acceptors (Lipinski definition) is 3. The molecule has 2 amide bonds. The Morgan fingerprint density at radius 1 is 1.06 bits per heavy atom. The summed E-state index contributed by atoms with van der Waals surface area (Å²) >= 11 is 0. The third-order valence-corrected chi connectivity index (χ3v) is 5.46. The lowest BCUT2D eigenvalue weighted by molar-refractivity contribution is -0.143. The molecule has 12 heteroatoms. The van der Waals surface area contributed by atoms with Gasteiger partial charge < -0.3 is 15.2 Å². The molecule has 1 aliphatic rings. The summed E-state index contributed by atoms with van der Waals surface area (Å²) in [5.74, 6) is -0.598. The van der Waals surface area contributed by atoms with Crippen molar-refractivity contribution in [1.82, 2.24) is 10.2 Å². The number of aliphatic hydroxyl groups excluding tert-OH is 1. The Kier molecular flexibility index (Phi) is 6.37. The summed E-state index contributed by atoms with van der Waals surface area (Å²) in [4.78, 5) is 13.1. The number of halogens is 7. The summed E-state index contributed by atoms with van der Waals surface area (Å²) in [6.07, 6.45) is -12.9. The molecule has 1 heterocycles. The van der Waals surface area contributed by atoms with Crippen LogP contribution in [-0.4, -0.2) is 35.9 Å². The zero-order valence-corrected chi connectivity index (χ0v) is 17.3. The molecule has 180 valence electrons. The van der Waals surface area contributed by atoms with Crippen LogP contribution in [0.15, 0.2) is 42.5 Å². The van der Waals surface area contributed by atoms with Crippen molar-refractivity contribution in [2.24, 2.45) is 0 Å². The van der Waals surface area contributed by atoms with E-state index in [2.05, 4.69) is 5.32 Å². The van der Waals surface area contributed by atoms with Crippen LogP contribution >= 0.6 is 0 Å². The standard InChI is InChI=1S/C21H19F7N2O3/c1-11(12-7-14(20(23,24)25)9-15(8-12)21(26,27)28)33-10-19(13-3-5-16(22)6-4-13)17(31)30(2)18(32)29-19/h3-9,11,17,31H,10H2,1-2H3,(H,29,32)/t11-,17-,19-/m1/s1. The van der Waals surface area contributed by atoms with Gasteiger partial charge in [0.25, 0.3) is 0 Å². The van der Waals surface area contributed by atoms with Gasteiger partial charge in [-0.2, -0.15) is 26.3 Å². The quantitative estimate of drug-likeness (QED) is 0.604. The number of benzene rings is 2. The lowest BCUT2D eigenvalue weighted by atomic mass is 9.89. The summed E-state index contributed by atoms with van der Waals surface area (Å²) < 4.78 is 97.9. The van der Waals surface area contributed by atoms with Crippen molar-refractivity contribution in [2.75, 3.05) is 13.7 Å². The van der Waals surface area contributed by atoms with Gasteiger partial charge >= 0.3 is 18.4 Å². The number of nitrogens with zero attached hydrogens (tertiary/aromatic N) is 1. The van der Waals surface area contributed by atoms with Gasteiger partial charge in [0.05, 0.1) is 23.8 Å². The van der Waals surface area contributed by atoms with Crippen molar-refractivity contribution in [3.63, 3.8) is 0 Å². The Morgan fingerprint density at radius 2 is 1.58 bits per heavy atom. The van der Waals surface area contributed by atoms with E-state index in [9.17, 15) is 40.6 Å². The molecule has 3 rings (SSSR count). The number of aliphatic hydroxyl groups is 1. The number of rotatable bonds is 5. The molecule has 2 aromatic carbocycles. The van der Waals surface area contributed by atoms with Crippen LogP contribution in [0.2, 0.25) is 0 Å². The molecule has 1 aliphatic heterocycles. The van der Waals surface area contributed by atoms with Gasteiger partial charge in [0.15, 0.2) is 6.23 Å². The van der Waals surface area contributed by atoms with E-state index >= 15 is 0 Å². The SMILES string of the molecule is C[C@@H](OC[C@]1(c2ccc(F)cc2)NC(=O)N(C)[C@@H]1O)c1cc(C(F)(F)F)cc(C(F)(F)F)c1. The molecule has 33 heavy (non-hydrogen) atoms. The van der Waals surface area contributed by atoms with E-state index in [1.165, 1.54) is 26.1 Å². The Morgan fingerprint density at radius 3 is 2.00 bits per heavy atom. The van der Waals surface area contributed by atoms with E-state index < -0.39 is 65.4 Å². The van der Waals surface area contributed by atoms with Crippen LogP contribution in [0, 0.1) is 5.82 Å². The largest absolute Gasteiger partial charge is 0.416 e.